The molecule has 0 unspecified atom stereocenters. The van der Waals surface area contributed by atoms with E-state index in [1.54, 1.807) is 0 Å². The molecule has 1 aromatic carbocycles. The van der Waals surface area contributed by atoms with Crippen LogP contribution in [0.1, 0.15) is 10.4 Å². The molecule has 7 N–H and O–H groups in total. The van der Waals surface area contributed by atoms with Crippen LogP contribution in [-0.2, 0) is 0 Å². The largest absolute Gasteiger partial charge is 0.383 e. The van der Waals surface area contributed by atoms with E-state index in [1.165, 1.54) is 5.69 Å². The Bertz CT molecular complexity index is 658. The fourth-order valence-electron chi connectivity index (χ4n) is 2.51. The summed E-state index contributed by atoms with van der Waals surface area (Å²) in [6.45, 7) is 3.98. The first-order valence-electron chi connectivity index (χ1n) is 7.11. The topological polar surface area (TPSA) is 125 Å². The number of aromatic amines is 1. The number of H-pyrrole nitrogens is 1. The van der Waals surface area contributed by atoms with Gasteiger partial charge in [0.05, 0.1) is 0 Å². The summed E-state index contributed by atoms with van der Waals surface area (Å²) < 4.78 is 0. The minimum atomic E-state index is -0.619. The van der Waals surface area contributed by atoms with Gasteiger partial charge in [-0.15, -0.1) is 0 Å². The molecule has 1 aliphatic heterocycles. The molecular weight excluding hydrogens is 282 g/mol. The van der Waals surface area contributed by atoms with Gasteiger partial charge in [0.15, 0.2) is 5.82 Å². The van der Waals surface area contributed by atoms with Gasteiger partial charge in [-0.3, -0.25) is 9.89 Å². The zero-order valence-corrected chi connectivity index (χ0v) is 12.1. The Balaban J connectivity index is 1.75. The summed E-state index contributed by atoms with van der Waals surface area (Å²) in [4.78, 5) is 13.7. The molecule has 1 saturated heterocycles. The maximum Gasteiger partial charge on any atom is 0.256 e. The second kappa shape index (κ2) is 5.94. The summed E-state index contributed by atoms with van der Waals surface area (Å²) in [5, 5.41) is 12.9. The Hall–Kier alpha value is -2.74. The van der Waals surface area contributed by atoms with E-state index in [2.05, 4.69) is 25.7 Å². The van der Waals surface area contributed by atoms with E-state index >= 15 is 0 Å². The summed E-state index contributed by atoms with van der Waals surface area (Å²) in [6.07, 6.45) is 0. The van der Waals surface area contributed by atoms with E-state index in [-0.39, 0.29) is 11.4 Å². The average molecular weight is 301 g/mol. The predicted octanol–water partition coefficient (Wildman–Crippen LogP) is 0.244. The quantitative estimate of drug-likeness (QED) is 0.551. The summed E-state index contributed by atoms with van der Waals surface area (Å²) >= 11 is 0. The SMILES string of the molecule is NC(=O)c1c(Nc2ccc(N3CCNCC3)cc2)n[nH]c1N. The van der Waals surface area contributed by atoms with E-state index < -0.39 is 5.91 Å². The lowest BCUT2D eigenvalue weighted by Crippen LogP contribution is -2.43. The first kappa shape index (κ1) is 14.2. The van der Waals surface area contributed by atoms with Crippen molar-refractivity contribution in [3.8, 4) is 0 Å². The summed E-state index contributed by atoms with van der Waals surface area (Å²) in [7, 11) is 0. The lowest BCUT2D eigenvalue weighted by atomic mass is 10.2. The van der Waals surface area contributed by atoms with Crippen molar-refractivity contribution in [1.29, 1.82) is 0 Å². The first-order valence-corrected chi connectivity index (χ1v) is 7.11. The van der Waals surface area contributed by atoms with Crippen LogP contribution < -0.4 is 27.0 Å². The summed E-state index contributed by atoms with van der Waals surface area (Å²) in [5.41, 5.74) is 13.1. The van der Waals surface area contributed by atoms with Crippen LogP contribution in [0, 0.1) is 0 Å². The number of rotatable bonds is 4. The van der Waals surface area contributed by atoms with Crippen molar-refractivity contribution in [2.45, 2.75) is 0 Å². The molecule has 1 amide bonds. The number of piperazine rings is 1. The highest BCUT2D eigenvalue weighted by Gasteiger charge is 2.16. The zero-order valence-electron chi connectivity index (χ0n) is 12.1. The Morgan fingerprint density at radius 3 is 2.55 bits per heavy atom. The number of carbonyl (C=O) groups is 1. The van der Waals surface area contributed by atoms with Gasteiger partial charge in [-0.05, 0) is 24.3 Å². The number of hydrogen-bond donors (Lipinski definition) is 5. The van der Waals surface area contributed by atoms with E-state index in [1.807, 2.05) is 24.3 Å². The van der Waals surface area contributed by atoms with Crippen molar-refractivity contribution in [3.05, 3.63) is 29.8 Å². The van der Waals surface area contributed by atoms with Crippen LogP contribution in [0.25, 0.3) is 0 Å². The van der Waals surface area contributed by atoms with Gasteiger partial charge in [-0.25, -0.2) is 0 Å². The van der Waals surface area contributed by atoms with Crippen LogP contribution in [-0.4, -0.2) is 42.3 Å². The predicted molar refractivity (Wildman–Crippen MR) is 86.3 cm³/mol. The number of primary amides is 1. The van der Waals surface area contributed by atoms with Gasteiger partial charge in [0.1, 0.15) is 11.4 Å². The standard InChI is InChI=1S/C14H19N7O/c15-12-11(13(16)22)14(20-19-12)18-9-1-3-10(4-2-9)21-7-5-17-6-8-21/h1-4,17H,5-8H2,(H2,16,22)(H4,15,18,19,20). The molecule has 0 bridgehead atoms. The molecule has 1 aromatic heterocycles. The Morgan fingerprint density at radius 2 is 1.91 bits per heavy atom. The van der Waals surface area contributed by atoms with Crippen LogP contribution in [0.15, 0.2) is 24.3 Å². The molecule has 116 valence electrons. The molecule has 1 fully saturated rings. The third kappa shape index (κ3) is 2.82. The van der Waals surface area contributed by atoms with Crippen LogP contribution in [0.4, 0.5) is 23.0 Å². The van der Waals surface area contributed by atoms with Crippen molar-refractivity contribution >= 4 is 28.9 Å². The molecule has 3 rings (SSSR count). The van der Waals surface area contributed by atoms with Crippen LogP contribution in [0.5, 0.6) is 0 Å². The van der Waals surface area contributed by atoms with Gasteiger partial charge in [-0.1, -0.05) is 0 Å². The average Bonchev–Trinajstić information content (AvgIpc) is 2.90. The highest BCUT2D eigenvalue weighted by molar-refractivity contribution is 6.02. The third-order valence-electron chi connectivity index (χ3n) is 3.65. The Kier molecular flexibility index (Phi) is 3.84. The second-order valence-corrected chi connectivity index (χ2v) is 5.13. The van der Waals surface area contributed by atoms with Crippen molar-refractivity contribution in [3.63, 3.8) is 0 Å². The molecule has 2 heterocycles. The van der Waals surface area contributed by atoms with Crippen LogP contribution in [0.3, 0.4) is 0 Å². The smallest absolute Gasteiger partial charge is 0.256 e. The number of nitrogens with two attached hydrogens (primary N) is 2. The normalized spacial score (nSPS) is 14.8. The zero-order chi connectivity index (χ0) is 15.5. The Labute approximate surface area is 127 Å². The monoisotopic (exact) mass is 301 g/mol. The maximum atomic E-state index is 11.4. The van der Waals surface area contributed by atoms with Gasteiger partial charge < -0.3 is 27.0 Å². The van der Waals surface area contributed by atoms with Gasteiger partial charge in [0.2, 0.25) is 0 Å². The summed E-state index contributed by atoms with van der Waals surface area (Å²) in [6, 6.07) is 7.95. The molecule has 8 nitrogen and oxygen atoms in total. The summed E-state index contributed by atoms with van der Waals surface area (Å²) in [5.74, 6) is -0.126. The number of carbonyl (C=O) groups excluding carboxylic acids is 1. The number of hydrogen-bond acceptors (Lipinski definition) is 6. The fraction of sp³-hybridized carbons (Fsp3) is 0.286. The number of nitrogens with one attached hydrogen (secondary N) is 3. The molecule has 0 radical (unpaired) electrons. The second-order valence-electron chi connectivity index (χ2n) is 5.13. The number of nitrogen functional groups attached to an aromatic ring is 1. The van der Waals surface area contributed by atoms with E-state index in [0.717, 1.165) is 31.9 Å². The Morgan fingerprint density at radius 1 is 1.23 bits per heavy atom. The number of anilines is 4. The molecule has 22 heavy (non-hydrogen) atoms. The number of amides is 1. The highest BCUT2D eigenvalue weighted by Crippen LogP contribution is 2.24. The van der Waals surface area contributed by atoms with Crippen molar-refractivity contribution in [2.75, 3.05) is 42.1 Å². The van der Waals surface area contributed by atoms with Crippen molar-refractivity contribution in [1.82, 2.24) is 15.5 Å². The highest BCUT2D eigenvalue weighted by atomic mass is 16.1. The minimum Gasteiger partial charge on any atom is -0.383 e. The van der Waals surface area contributed by atoms with Gasteiger partial charge in [0.25, 0.3) is 5.91 Å². The van der Waals surface area contributed by atoms with Crippen LogP contribution >= 0.6 is 0 Å². The van der Waals surface area contributed by atoms with Crippen LogP contribution in [0.2, 0.25) is 0 Å². The molecule has 0 aliphatic carbocycles. The maximum absolute atomic E-state index is 11.4. The molecule has 0 spiro atoms. The molecule has 8 heteroatoms. The van der Waals surface area contributed by atoms with E-state index in [9.17, 15) is 4.79 Å². The van der Waals surface area contributed by atoms with E-state index in [4.69, 9.17) is 11.5 Å². The van der Waals surface area contributed by atoms with E-state index in [0.29, 0.717) is 5.82 Å². The molecule has 0 atom stereocenters. The minimum absolute atomic E-state index is 0.160. The first-order chi connectivity index (χ1) is 10.6. The molecule has 2 aromatic rings. The third-order valence-corrected chi connectivity index (χ3v) is 3.65. The van der Waals surface area contributed by atoms with Gasteiger partial charge >= 0.3 is 0 Å². The molecule has 1 aliphatic rings. The lowest BCUT2D eigenvalue weighted by molar-refractivity contribution is 0.100. The lowest BCUT2D eigenvalue weighted by Gasteiger charge is -2.29. The van der Waals surface area contributed by atoms with Crippen molar-refractivity contribution < 1.29 is 4.79 Å². The molecule has 0 saturated carbocycles. The van der Waals surface area contributed by atoms with Gasteiger partial charge in [0, 0.05) is 37.6 Å². The number of aromatic nitrogens is 2. The number of benzene rings is 1. The number of nitrogens with zero attached hydrogens (tertiary/aromatic N) is 2. The van der Waals surface area contributed by atoms with Crippen molar-refractivity contribution in [2.24, 2.45) is 5.73 Å². The van der Waals surface area contributed by atoms with Gasteiger partial charge in [-0.2, -0.15) is 5.10 Å². The molecular formula is C14H19N7O. The fourth-order valence-corrected chi connectivity index (χ4v) is 2.51.